The van der Waals surface area contributed by atoms with Gasteiger partial charge in [-0.1, -0.05) is 88.0 Å². The Morgan fingerprint density at radius 3 is 1.73 bits per heavy atom. The van der Waals surface area contributed by atoms with Crippen molar-refractivity contribution >= 4 is 0 Å². The second-order valence-electron chi connectivity index (χ2n) is 8.66. The van der Waals surface area contributed by atoms with Crippen LogP contribution in [0.15, 0.2) is 0 Å². The standard InChI is InChI=1S/C22H45/c1-11-15-19(8)22(10,21(9,13-3)14-4)20(12-2)16-18(7)17(5)6/h17-20H,1,11-16H2,2-10H3/q-1. The summed E-state index contributed by atoms with van der Waals surface area (Å²) in [6, 6.07) is 0. The molecule has 0 spiro atoms. The molecule has 0 N–H and O–H groups in total. The van der Waals surface area contributed by atoms with E-state index in [2.05, 4.69) is 69.2 Å². The van der Waals surface area contributed by atoms with Crippen LogP contribution in [0.1, 0.15) is 101 Å². The van der Waals surface area contributed by atoms with E-state index in [-0.39, 0.29) is 0 Å². The molecule has 0 heteroatoms. The van der Waals surface area contributed by atoms with Crippen molar-refractivity contribution in [2.75, 3.05) is 0 Å². The Labute approximate surface area is 142 Å². The second-order valence-corrected chi connectivity index (χ2v) is 8.66. The van der Waals surface area contributed by atoms with E-state index in [9.17, 15) is 0 Å². The Morgan fingerprint density at radius 1 is 0.909 bits per heavy atom. The average Bonchev–Trinajstić information content (AvgIpc) is 2.50. The Morgan fingerprint density at radius 2 is 1.41 bits per heavy atom. The fraction of sp³-hybridized carbons (Fsp3) is 0.955. The highest BCUT2D eigenvalue weighted by Crippen LogP contribution is 2.57. The lowest BCUT2D eigenvalue weighted by atomic mass is 9.49. The summed E-state index contributed by atoms with van der Waals surface area (Å²) < 4.78 is 0. The number of hydrogen-bond acceptors (Lipinski definition) is 0. The fourth-order valence-corrected chi connectivity index (χ4v) is 4.66. The van der Waals surface area contributed by atoms with Gasteiger partial charge in [-0.25, -0.2) is 0 Å². The van der Waals surface area contributed by atoms with E-state index in [0.29, 0.717) is 10.8 Å². The van der Waals surface area contributed by atoms with Gasteiger partial charge in [0.2, 0.25) is 0 Å². The zero-order valence-electron chi connectivity index (χ0n) is 17.3. The van der Waals surface area contributed by atoms with Crippen LogP contribution < -0.4 is 0 Å². The maximum absolute atomic E-state index is 4.15. The zero-order chi connectivity index (χ0) is 17.6. The van der Waals surface area contributed by atoms with Gasteiger partial charge in [-0.2, -0.15) is 6.42 Å². The molecule has 0 saturated carbocycles. The van der Waals surface area contributed by atoms with Crippen molar-refractivity contribution in [3.63, 3.8) is 0 Å². The molecule has 0 aromatic heterocycles. The molecule has 0 amide bonds. The summed E-state index contributed by atoms with van der Waals surface area (Å²) in [5.74, 6) is 3.17. The van der Waals surface area contributed by atoms with E-state index < -0.39 is 0 Å². The minimum absolute atomic E-state index is 0.409. The van der Waals surface area contributed by atoms with E-state index in [1.807, 2.05) is 0 Å². The lowest BCUT2D eigenvalue weighted by Gasteiger charge is -2.56. The van der Waals surface area contributed by atoms with Crippen molar-refractivity contribution in [3.05, 3.63) is 6.92 Å². The molecule has 0 radical (unpaired) electrons. The van der Waals surface area contributed by atoms with Crippen LogP contribution in [0, 0.1) is 41.4 Å². The third-order valence-electron chi connectivity index (χ3n) is 7.66. The normalized spacial score (nSPS) is 19.8. The molecule has 0 aliphatic rings. The molecule has 22 heavy (non-hydrogen) atoms. The summed E-state index contributed by atoms with van der Waals surface area (Å²) in [4.78, 5) is 0. The Balaban J connectivity index is 5.71. The molecule has 0 fully saturated rings. The van der Waals surface area contributed by atoms with Gasteiger partial charge in [-0.05, 0) is 40.9 Å². The molecule has 0 saturated heterocycles. The topological polar surface area (TPSA) is 0 Å². The van der Waals surface area contributed by atoms with Gasteiger partial charge < -0.3 is 6.92 Å². The SMILES string of the molecule is [CH2-]CCC(C)C(C)(C(CC)CC(C)C(C)C)C(C)(CC)CC. The van der Waals surface area contributed by atoms with E-state index in [1.54, 1.807) is 0 Å². The monoisotopic (exact) mass is 309 g/mol. The van der Waals surface area contributed by atoms with Gasteiger partial charge in [0.05, 0.1) is 0 Å². The molecular formula is C22H45-. The molecule has 0 aliphatic heterocycles. The predicted octanol–water partition coefficient (Wildman–Crippen LogP) is 7.78. The Kier molecular flexibility index (Phi) is 9.33. The second kappa shape index (κ2) is 9.33. The summed E-state index contributed by atoms with van der Waals surface area (Å²) in [7, 11) is 0. The molecule has 4 atom stereocenters. The molecule has 134 valence electrons. The van der Waals surface area contributed by atoms with Crippen LogP contribution >= 0.6 is 0 Å². The van der Waals surface area contributed by atoms with E-state index in [0.717, 1.165) is 30.1 Å². The van der Waals surface area contributed by atoms with Crippen LogP contribution in [0.2, 0.25) is 0 Å². The lowest BCUT2D eigenvalue weighted by Crippen LogP contribution is -2.48. The average molecular weight is 310 g/mol. The first-order valence-corrected chi connectivity index (χ1v) is 9.93. The van der Waals surface area contributed by atoms with Gasteiger partial charge in [-0.15, -0.1) is 0 Å². The highest BCUT2D eigenvalue weighted by molar-refractivity contribution is 4.98. The van der Waals surface area contributed by atoms with Crippen molar-refractivity contribution in [3.8, 4) is 0 Å². The zero-order valence-corrected chi connectivity index (χ0v) is 17.3. The van der Waals surface area contributed by atoms with Crippen molar-refractivity contribution in [1.82, 2.24) is 0 Å². The summed E-state index contributed by atoms with van der Waals surface area (Å²) in [6.07, 6.45) is 7.59. The highest BCUT2D eigenvalue weighted by atomic mass is 14.5. The van der Waals surface area contributed by atoms with Gasteiger partial charge >= 0.3 is 0 Å². The largest absolute Gasteiger partial charge is 0.343 e. The Bertz CT molecular complexity index is 286. The van der Waals surface area contributed by atoms with E-state index >= 15 is 0 Å². The number of hydrogen-bond donors (Lipinski definition) is 0. The lowest BCUT2D eigenvalue weighted by molar-refractivity contribution is -0.0638. The van der Waals surface area contributed by atoms with Crippen molar-refractivity contribution in [2.45, 2.75) is 101 Å². The van der Waals surface area contributed by atoms with Crippen molar-refractivity contribution in [2.24, 2.45) is 34.5 Å². The van der Waals surface area contributed by atoms with Crippen molar-refractivity contribution < 1.29 is 0 Å². The minimum Gasteiger partial charge on any atom is -0.343 e. The first-order valence-electron chi connectivity index (χ1n) is 9.93. The van der Waals surface area contributed by atoms with Crippen LogP contribution in [0.5, 0.6) is 0 Å². The van der Waals surface area contributed by atoms with Crippen LogP contribution in [-0.2, 0) is 0 Å². The molecule has 0 aliphatic carbocycles. The maximum Gasteiger partial charge on any atom is -0.0219 e. The minimum atomic E-state index is 0.409. The van der Waals surface area contributed by atoms with Crippen LogP contribution in [-0.4, -0.2) is 0 Å². The maximum atomic E-state index is 4.15. The van der Waals surface area contributed by atoms with Crippen LogP contribution in [0.25, 0.3) is 0 Å². The van der Waals surface area contributed by atoms with Crippen LogP contribution in [0.4, 0.5) is 0 Å². The summed E-state index contributed by atoms with van der Waals surface area (Å²) in [6.45, 7) is 26.2. The molecule has 0 heterocycles. The van der Waals surface area contributed by atoms with Gasteiger partial charge in [0.1, 0.15) is 0 Å². The summed E-state index contributed by atoms with van der Waals surface area (Å²) >= 11 is 0. The first kappa shape index (κ1) is 22.0. The third kappa shape index (κ3) is 4.51. The molecule has 0 bridgehead atoms. The quantitative estimate of drug-likeness (QED) is 0.342. The van der Waals surface area contributed by atoms with Gasteiger partial charge in [-0.3, -0.25) is 0 Å². The van der Waals surface area contributed by atoms with Crippen molar-refractivity contribution in [1.29, 1.82) is 0 Å². The first-order chi connectivity index (χ1) is 10.1. The summed E-state index contributed by atoms with van der Waals surface area (Å²) in [5.41, 5.74) is 0.838. The van der Waals surface area contributed by atoms with E-state index in [1.165, 1.54) is 32.1 Å². The molecule has 0 aromatic rings. The number of rotatable bonds is 11. The molecule has 0 aromatic carbocycles. The highest BCUT2D eigenvalue weighted by Gasteiger charge is 2.49. The molecule has 0 nitrogen and oxygen atoms in total. The Hall–Kier alpha value is 0. The van der Waals surface area contributed by atoms with Gasteiger partial charge in [0, 0.05) is 0 Å². The molecule has 0 rings (SSSR count). The smallest absolute Gasteiger partial charge is 0.0219 e. The molecular weight excluding hydrogens is 264 g/mol. The predicted molar refractivity (Wildman–Crippen MR) is 103 cm³/mol. The van der Waals surface area contributed by atoms with Gasteiger partial charge in [0.15, 0.2) is 0 Å². The summed E-state index contributed by atoms with van der Waals surface area (Å²) in [5, 5.41) is 0. The van der Waals surface area contributed by atoms with E-state index in [4.69, 9.17) is 0 Å². The molecule has 4 unspecified atom stereocenters. The van der Waals surface area contributed by atoms with Crippen LogP contribution in [0.3, 0.4) is 0 Å². The fourth-order valence-electron chi connectivity index (χ4n) is 4.66. The van der Waals surface area contributed by atoms with Gasteiger partial charge in [0.25, 0.3) is 0 Å². The third-order valence-corrected chi connectivity index (χ3v) is 7.66.